The van der Waals surface area contributed by atoms with Crippen LogP contribution in [-0.2, 0) is 9.53 Å². The molecule has 0 aromatic rings. The molecule has 0 spiro atoms. The van der Waals surface area contributed by atoms with Crippen molar-refractivity contribution in [1.82, 2.24) is 0 Å². The first kappa shape index (κ1) is 19.7. The maximum Gasteiger partial charge on any atom is 0.330 e. The second-order valence-corrected chi connectivity index (χ2v) is 11.3. The average Bonchev–Trinajstić information content (AvgIpc) is 2.56. The first-order chi connectivity index (χ1) is 12.1. The van der Waals surface area contributed by atoms with Crippen LogP contribution in [0.3, 0.4) is 0 Å². The fourth-order valence-corrected chi connectivity index (χ4v) is 8.33. The molecule has 4 fully saturated rings. The zero-order valence-corrected chi connectivity index (χ0v) is 17.4. The largest absolute Gasteiger partial charge is 0.463 e. The summed E-state index contributed by atoms with van der Waals surface area (Å²) in [5.41, 5.74) is 1.08. The van der Waals surface area contributed by atoms with Crippen molar-refractivity contribution >= 4 is 29.5 Å². The first-order valence-corrected chi connectivity index (χ1v) is 12.3. The van der Waals surface area contributed by atoms with Gasteiger partial charge in [-0.25, -0.2) is 4.79 Å². The molecule has 2 unspecified atom stereocenters. The number of carbonyl (C=O) groups is 1. The molecule has 4 bridgehead atoms. The highest BCUT2D eigenvalue weighted by molar-refractivity contribution is 8.02. The first-order valence-electron chi connectivity index (χ1n) is 10.0. The van der Waals surface area contributed by atoms with E-state index in [1.807, 2.05) is 0 Å². The summed E-state index contributed by atoms with van der Waals surface area (Å²) in [5.74, 6) is 6.81. The predicted molar refractivity (Wildman–Crippen MR) is 110 cm³/mol. The van der Waals surface area contributed by atoms with E-state index in [0.29, 0.717) is 17.4 Å². The van der Waals surface area contributed by atoms with Gasteiger partial charge in [0.15, 0.2) is 0 Å². The molecule has 0 N–H and O–H groups in total. The van der Waals surface area contributed by atoms with Crippen LogP contribution in [0.25, 0.3) is 0 Å². The summed E-state index contributed by atoms with van der Waals surface area (Å²) in [4.78, 5) is 11.4. The fourth-order valence-electron chi connectivity index (χ4n) is 6.31. The molecule has 0 radical (unpaired) electrons. The molecule has 142 valence electrons. The molecule has 4 aliphatic rings. The van der Waals surface area contributed by atoms with Crippen LogP contribution in [0.15, 0.2) is 12.7 Å². The van der Waals surface area contributed by atoms with E-state index < -0.39 is 0 Å². The Bertz CT molecular complexity index is 463. The van der Waals surface area contributed by atoms with Gasteiger partial charge in [0, 0.05) is 17.6 Å². The Hall–Kier alpha value is -0.0900. The molecule has 0 amide bonds. The molecule has 0 aromatic heterocycles. The highest BCUT2D eigenvalue weighted by Crippen LogP contribution is 2.67. The summed E-state index contributed by atoms with van der Waals surface area (Å²) in [6.07, 6.45) is 12.4. The third-order valence-corrected chi connectivity index (χ3v) is 8.84. The Labute approximate surface area is 162 Å². The van der Waals surface area contributed by atoms with Crippen LogP contribution in [-0.4, -0.2) is 35.6 Å². The van der Waals surface area contributed by atoms with Crippen molar-refractivity contribution in [2.45, 2.75) is 58.3 Å². The number of hydrogen-bond acceptors (Lipinski definition) is 4. The van der Waals surface area contributed by atoms with Gasteiger partial charge in [-0.2, -0.15) is 23.5 Å². The number of hydrogen-bond donors (Lipinski definition) is 0. The van der Waals surface area contributed by atoms with Gasteiger partial charge in [-0.05, 0) is 85.5 Å². The Kier molecular flexibility index (Phi) is 6.87. The number of rotatable bonds is 11. The van der Waals surface area contributed by atoms with Crippen LogP contribution >= 0.6 is 23.5 Å². The van der Waals surface area contributed by atoms with Crippen LogP contribution in [0.1, 0.15) is 58.3 Å². The van der Waals surface area contributed by atoms with Crippen molar-refractivity contribution in [1.29, 1.82) is 0 Å². The summed E-state index contributed by atoms with van der Waals surface area (Å²) < 4.78 is 5.34. The minimum atomic E-state index is -0.263. The van der Waals surface area contributed by atoms with Gasteiger partial charge in [0.2, 0.25) is 0 Å². The SMILES string of the molecule is C=CC(=O)OCCC12CC3CC(C1)CC(CCSCCSCC)(C3)C2. The second-order valence-electron chi connectivity index (χ2n) is 8.64. The van der Waals surface area contributed by atoms with Crippen LogP contribution in [0, 0.1) is 22.7 Å². The lowest BCUT2D eigenvalue weighted by Crippen LogP contribution is -2.52. The van der Waals surface area contributed by atoms with Gasteiger partial charge < -0.3 is 4.74 Å². The van der Waals surface area contributed by atoms with Crippen LogP contribution in [0.5, 0.6) is 0 Å². The van der Waals surface area contributed by atoms with E-state index in [4.69, 9.17) is 4.74 Å². The van der Waals surface area contributed by atoms with E-state index in [-0.39, 0.29) is 5.97 Å². The molecule has 0 heterocycles. The Morgan fingerprint density at radius 1 is 1.08 bits per heavy atom. The van der Waals surface area contributed by atoms with Crippen molar-refractivity contribution < 1.29 is 9.53 Å². The second kappa shape index (κ2) is 8.73. The quantitative estimate of drug-likeness (QED) is 0.265. The van der Waals surface area contributed by atoms with Crippen molar-refractivity contribution in [3.8, 4) is 0 Å². The molecule has 4 saturated carbocycles. The molecule has 2 atom stereocenters. The number of esters is 1. The van der Waals surface area contributed by atoms with Crippen LogP contribution in [0.4, 0.5) is 0 Å². The van der Waals surface area contributed by atoms with Gasteiger partial charge >= 0.3 is 5.97 Å². The molecule has 4 rings (SSSR count). The summed E-state index contributed by atoms with van der Waals surface area (Å²) in [6.45, 7) is 6.33. The third-order valence-electron chi connectivity index (χ3n) is 6.70. The van der Waals surface area contributed by atoms with E-state index in [2.05, 4.69) is 37.0 Å². The van der Waals surface area contributed by atoms with E-state index >= 15 is 0 Å². The van der Waals surface area contributed by atoms with Crippen molar-refractivity contribution in [3.05, 3.63) is 12.7 Å². The predicted octanol–water partition coefficient (Wildman–Crippen LogP) is 5.57. The van der Waals surface area contributed by atoms with Gasteiger partial charge in [-0.1, -0.05) is 13.5 Å². The number of thioether (sulfide) groups is 2. The zero-order chi connectivity index (χ0) is 17.8. The highest BCUT2D eigenvalue weighted by atomic mass is 32.2. The fraction of sp³-hybridized carbons (Fsp3) is 0.857. The van der Waals surface area contributed by atoms with Gasteiger partial charge in [0.1, 0.15) is 0 Å². The highest BCUT2D eigenvalue weighted by Gasteiger charge is 2.56. The Balaban J connectivity index is 1.51. The van der Waals surface area contributed by atoms with Crippen molar-refractivity contribution in [2.75, 3.05) is 29.6 Å². The minimum absolute atomic E-state index is 0.263. The van der Waals surface area contributed by atoms with Crippen LogP contribution < -0.4 is 0 Å². The summed E-state index contributed by atoms with van der Waals surface area (Å²) >= 11 is 4.23. The molecule has 4 heteroatoms. The van der Waals surface area contributed by atoms with Crippen molar-refractivity contribution in [3.63, 3.8) is 0 Å². The zero-order valence-electron chi connectivity index (χ0n) is 15.8. The lowest BCUT2D eigenvalue weighted by molar-refractivity contribution is -0.144. The standard InChI is InChI=1S/C21H34O2S2/c1-3-19(22)23-7-5-20-12-17-11-18(13-20)15-21(14-17,16-20)6-8-25-10-9-24-4-2/h3,17-18H,1,4-16H2,2H3. The normalized spacial score (nSPS) is 35.7. The van der Waals surface area contributed by atoms with E-state index in [0.717, 1.165) is 18.3 Å². The maximum absolute atomic E-state index is 11.4. The minimum Gasteiger partial charge on any atom is -0.463 e. The average molecular weight is 383 g/mol. The summed E-state index contributed by atoms with van der Waals surface area (Å²) in [5, 5.41) is 0. The molecule has 0 aliphatic heterocycles. The lowest BCUT2D eigenvalue weighted by Gasteiger charge is -2.62. The molecule has 0 aromatic carbocycles. The third kappa shape index (κ3) is 5.00. The molecular weight excluding hydrogens is 348 g/mol. The molecular formula is C21H34O2S2. The lowest BCUT2D eigenvalue weighted by atomic mass is 9.43. The topological polar surface area (TPSA) is 26.3 Å². The summed E-state index contributed by atoms with van der Waals surface area (Å²) in [6, 6.07) is 0. The van der Waals surface area contributed by atoms with Gasteiger partial charge in [0.25, 0.3) is 0 Å². The Morgan fingerprint density at radius 3 is 2.36 bits per heavy atom. The van der Waals surface area contributed by atoms with Gasteiger partial charge in [0.05, 0.1) is 6.61 Å². The van der Waals surface area contributed by atoms with Gasteiger partial charge in [-0.3, -0.25) is 0 Å². The number of carbonyl (C=O) groups excluding carboxylic acids is 1. The maximum atomic E-state index is 11.4. The monoisotopic (exact) mass is 382 g/mol. The van der Waals surface area contributed by atoms with Gasteiger partial charge in [-0.15, -0.1) is 0 Å². The Morgan fingerprint density at radius 2 is 1.72 bits per heavy atom. The summed E-state index contributed by atoms with van der Waals surface area (Å²) in [7, 11) is 0. The number of ether oxygens (including phenoxy) is 1. The molecule has 4 aliphatic carbocycles. The van der Waals surface area contributed by atoms with E-state index in [9.17, 15) is 4.79 Å². The molecule has 0 saturated heterocycles. The smallest absolute Gasteiger partial charge is 0.330 e. The van der Waals surface area contributed by atoms with E-state index in [1.165, 1.54) is 74.0 Å². The van der Waals surface area contributed by atoms with Crippen LogP contribution in [0.2, 0.25) is 0 Å². The molecule has 25 heavy (non-hydrogen) atoms. The molecule has 2 nitrogen and oxygen atoms in total. The van der Waals surface area contributed by atoms with E-state index in [1.54, 1.807) is 0 Å². The van der Waals surface area contributed by atoms with Crippen molar-refractivity contribution in [2.24, 2.45) is 22.7 Å².